The molecule has 1 aliphatic carbocycles. The van der Waals surface area contributed by atoms with Gasteiger partial charge in [0.05, 0.1) is 6.04 Å². The van der Waals surface area contributed by atoms with Gasteiger partial charge in [-0.05, 0) is 25.7 Å². The van der Waals surface area contributed by atoms with Crippen LogP contribution < -0.4 is 0 Å². The van der Waals surface area contributed by atoms with Crippen LogP contribution in [0.1, 0.15) is 50.3 Å². The van der Waals surface area contributed by atoms with E-state index in [-0.39, 0.29) is 12.0 Å². The number of likely N-dealkylation sites (tertiary alicyclic amines) is 1. The second-order valence-corrected chi connectivity index (χ2v) is 5.10. The lowest BCUT2D eigenvalue weighted by Gasteiger charge is -2.25. The van der Waals surface area contributed by atoms with Crippen LogP contribution in [0.5, 0.6) is 0 Å². The predicted molar refractivity (Wildman–Crippen MR) is 62.1 cm³/mol. The zero-order chi connectivity index (χ0) is 11.7. The van der Waals surface area contributed by atoms with E-state index in [1.807, 2.05) is 11.0 Å². The maximum Gasteiger partial charge on any atom is 0.226 e. The Morgan fingerprint density at radius 2 is 2.12 bits per heavy atom. The molecule has 1 aromatic rings. The highest BCUT2D eigenvalue weighted by Crippen LogP contribution is 2.35. The van der Waals surface area contributed by atoms with E-state index < -0.39 is 0 Å². The van der Waals surface area contributed by atoms with E-state index in [2.05, 4.69) is 5.16 Å². The first-order valence-electron chi connectivity index (χ1n) is 6.57. The fraction of sp³-hybridized carbons (Fsp3) is 0.692. The minimum Gasteiger partial charge on any atom is -0.364 e. The van der Waals surface area contributed by atoms with Crippen LogP contribution in [0.25, 0.3) is 0 Å². The summed E-state index contributed by atoms with van der Waals surface area (Å²) in [6.45, 7) is 0.882. The van der Waals surface area contributed by atoms with Crippen molar-refractivity contribution in [2.45, 2.75) is 44.6 Å². The Balaban J connectivity index is 1.75. The molecule has 1 aromatic heterocycles. The average molecular weight is 234 g/mol. The largest absolute Gasteiger partial charge is 0.364 e. The molecule has 1 saturated heterocycles. The summed E-state index contributed by atoms with van der Waals surface area (Å²) in [7, 11) is 0. The molecule has 0 bridgehead atoms. The molecule has 1 saturated carbocycles. The number of hydrogen-bond donors (Lipinski definition) is 0. The first-order chi connectivity index (χ1) is 8.36. The van der Waals surface area contributed by atoms with Crippen molar-refractivity contribution in [1.82, 2.24) is 10.1 Å². The number of hydrogen-bond acceptors (Lipinski definition) is 3. The van der Waals surface area contributed by atoms with Gasteiger partial charge in [0.1, 0.15) is 12.0 Å². The zero-order valence-electron chi connectivity index (χ0n) is 9.97. The van der Waals surface area contributed by atoms with Crippen LogP contribution in [0.4, 0.5) is 0 Å². The van der Waals surface area contributed by atoms with Gasteiger partial charge in [0.15, 0.2) is 0 Å². The first kappa shape index (κ1) is 10.8. The van der Waals surface area contributed by atoms with Crippen LogP contribution in [0.2, 0.25) is 0 Å². The van der Waals surface area contributed by atoms with Crippen molar-refractivity contribution in [2.75, 3.05) is 6.54 Å². The Labute approximate surface area is 101 Å². The minimum atomic E-state index is 0.154. The SMILES string of the molecule is O=C(C1CCCC1)N1CCC[C@@H]1c1ccon1. The predicted octanol–water partition coefficient (Wildman–Crippen LogP) is 2.53. The van der Waals surface area contributed by atoms with Crippen molar-refractivity contribution in [2.24, 2.45) is 5.92 Å². The zero-order valence-corrected chi connectivity index (χ0v) is 9.97. The third kappa shape index (κ3) is 1.96. The summed E-state index contributed by atoms with van der Waals surface area (Å²) in [6, 6.07) is 2.03. The molecule has 0 aromatic carbocycles. The van der Waals surface area contributed by atoms with E-state index >= 15 is 0 Å². The second kappa shape index (κ2) is 4.51. The monoisotopic (exact) mass is 234 g/mol. The normalized spacial score (nSPS) is 25.6. The molecule has 92 valence electrons. The van der Waals surface area contributed by atoms with Crippen molar-refractivity contribution in [3.05, 3.63) is 18.0 Å². The molecule has 1 atom stereocenters. The molecule has 2 aliphatic rings. The molecule has 4 nitrogen and oxygen atoms in total. The quantitative estimate of drug-likeness (QED) is 0.790. The number of carbonyl (C=O) groups is 1. The molecule has 4 heteroatoms. The van der Waals surface area contributed by atoms with Crippen LogP contribution in [0.3, 0.4) is 0 Å². The Bertz CT molecular complexity index is 382. The molecule has 0 radical (unpaired) electrons. The van der Waals surface area contributed by atoms with Crippen molar-refractivity contribution in [3.63, 3.8) is 0 Å². The number of amides is 1. The van der Waals surface area contributed by atoms with Gasteiger partial charge in [-0.1, -0.05) is 18.0 Å². The van der Waals surface area contributed by atoms with Crippen LogP contribution in [-0.4, -0.2) is 22.5 Å². The first-order valence-corrected chi connectivity index (χ1v) is 6.57. The lowest BCUT2D eigenvalue weighted by molar-refractivity contribution is -0.136. The van der Waals surface area contributed by atoms with Gasteiger partial charge in [0.2, 0.25) is 5.91 Å². The van der Waals surface area contributed by atoms with Gasteiger partial charge in [-0.3, -0.25) is 4.79 Å². The van der Waals surface area contributed by atoms with Crippen LogP contribution in [-0.2, 0) is 4.79 Å². The molecular formula is C13H18N2O2. The van der Waals surface area contributed by atoms with Gasteiger partial charge in [-0.25, -0.2) is 0 Å². The molecule has 17 heavy (non-hydrogen) atoms. The third-order valence-electron chi connectivity index (χ3n) is 4.04. The van der Waals surface area contributed by atoms with Crippen molar-refractivity contribution in [3.8, 4) is 0 Å². The van der Waals surface area contributed by atoms with Crippen molar-refractivity contribution < 1.29 is 9.32 Å². The molecule has 1 aliphatic heterocycles. The molecule has 2 fully saturated rings. The van der Waals surface area contributed by atoms with Gasteiger partial charge in [0, 0.05) is 18.5 Å². The number of rotatable bonds is 2. The van der Waals surface area contributed by atoms with Crippen LogP contribution >= 0.6 is 0 Å². The molecule has 0 spiro atoms. The van der Waals surface area contributed by atoms with Gasteiger partial charge in [-0.15, -0.1) is 0 Å². The second-order valence-electron chi connectivity index (χ2n) is 5.10. The molecular weight excluding hydrogens is 216 g/mol. The number of aromatic nitrogens is 1. The standard InChI is InChI=1S/C13H18N2O2/c16-13(10-4-1-2-5-10)15-8-3-6-12(15)11-7-9-17-14-11/h7,9-10,12H,1-6,8H2/t12-/m1/s1. The fourth-order valence-electron chi connectivity index (χ4n) is 3.14. The van der Waals surface area contributed by atoms with E-state index in [1.54, 1.807) is 6.26 Å². The summed E-state index contributed by atoms with van der Waals surface area (Å²) in [5, 5.41) is 3.99. The Kier molecular flexibility index (Phi) is 2.87. The lowest BCUT2D eigenvalue weighted by atomic mass is 10.1. The molecule has 0 N–H and O–H groups in total. The maximum absolute atomic E-state index is 12.4. The summed E-state index contributed by atoms with van der Waals surface area (Å²) in [5.74, 6) is 0.607. The number of carbonyl (C=O) groups excluding carboxylic acids is 1. The molecule has 1 amide bonds. The molecule has 3 rings (SSSR count). The van der Waals surface area contributed by atoms with Gasteiger partial charge in [-0.2, -0.15) is 0 Å². The summed E-state index contributed by atoms with van der Waals surface area (Å²) in [5.41, 5.74) is 0.911. The lowest BCUT2D eigenvalue weighted by Crippen LogP contribution is -2.34. The van der Waals surface area contributed by atoms with Gasteiger partial charge >= 0.3 is 0 Å². The summed E-state index contributed by atoms with van der Waals surface area (Å²) in [6.07, 6.45) is 8.24. The van der Waals surface area contributed by atoms with E-state index in [1.165, 1.54) is 12.8 Å². The highest BCUT2D eigenvalue weighted by molar-refractivity contribution is 5.79. The minimum absolute atomic E-state index is 0.154. The van der Waals surface area contributed by atoms with Gasteiger partial charge < -0.3 is 9.42 Å². The van der Waals surface area contributed by atoms with E-state index in [0.29, 0.717) is 5.91 Å². The number of nitrogens with zero attached hydrogens (tertiary/aromatic N) is 2. The Morgan fingerprint density at radius 3 is 2.82 bits per heavy atom. The summed E-state index contributed by atoms with van der Waals surface area (Å²) < 4.78 is 4.89. The van der Waals surface area contributed by atoms with E-state index in [4.69, 9.17) is 4.52 Å². The van der Waals surface area contributed by atoms with Crippen LogP contribution in [0, 0.1) is 5.92 Å². The van der Waals surface area contributed by atoms with Crippen molar-refractivity contribution in [1.29, 1.82) is 0 Å². The van der Waals surface area contributed by atoms with Gasteiger partial charge in [0.25, 0.3) is 0 Å². The smallest absolute Gasteiger partial charge is 0.226 e. The van der Waals surface area contributed by atoms with E-state index in [9.17, 15) is 4.79 Å². The highest BCUT2D eigenvalue weighted by Gasteiger charge is 2.35. The Hall–Kier alpha value is -1.32. The summed E-state index contributed by atoms with van der Waals surface area (Å²) in [4.78, 5) is 14.4. The summed E-state index contributed by atoms with van der Waals surface area (Å²) >= 11 is 0. The molecule has 0 unspecified atom stereocenters. The maximum atomic E-state index is 12.4. The highest BCUT2D eigenvalue weighted by atomic mass is 16.5. The fourth-order valence-corrected chi connectivity index (χ4v) is 3.14. The van der Waals surface area contributed by atoms with E-state index in [0.717, 1.165) is 37.9 Å². The molecule has 2 heterocycles. The van der Waals surface area contributed by atoms with Crippen LogP contribution in [0.15, 0.2) is 16.9 Å². The third-order valence-corrected chi connectivity index (χ3v) is 4.04. The average Bonchev–Trinajstić information content (AvgIpc) is 3.09. The van der Waals surface area contributed by atoms with Crippen molar-refractivity contribution >= 4 is 5.91 Å². The topological polar surface area (TPSA) is 46.3 Å². The Morgan fingerprint density at radius 1 is 1.29 bits per heavy atom.